The van der Waals surface area contributed by atoms with E-state index in [2.05, 4.69) is 5.32 Å². The normalized spacial score (nSPS) is 17.4. The zero-order valence-electron chi connectivity index (χ0n) is 16.8. The zero-order valence-corrected chi connectivity index (χ0v) is 17.6. The Bertz CT molecular complexity index is 1280. The molecule has 4 rings (SSSR count). The van der Waals surface area contributed by atoms with Crippen molar-refractivity contribution in [2.75, 3.05) is 25.2 Å². The molecule has 0 saturated carbocycles. The number of benzene rings is 2. The number of ether oxygens (including phenoxy) is 2. The summed E-state index contributed by atoms with van der Waals surface area (Å²) in [6, 6.07) is 13.3. The number of fused-ring (bicyclic) bond motifs is 1. The summed E-state index contributed by atoms with van der Waals surface area (Å²) in [7, 11) is -1.49. The molecule has 1 aliphatic rings. The molecule has 2 heterocycles. The maximum Gasteiger partial charge on any atom is 0.344 e. The molecule has 3 aromatic rings. The number of rotatable bonds is 6. The van der Waals surface area contributed by atoms with E-state index in [-0.39, 0.29) is 30.1 Å². The molecule has 9 heteroatoms. The minimum atomic E-state index is -3.06. The van der Waals surface area contributed by atoms with Crippen LogP contribution in [-0.4, -0.2) is 45.6 Å². The van der Waals surface area contributed by atoms with E-state index in [1.54, 1.807) is 55.6 Å². The molecule has 1 aliphatic heterocycles. The van der Waals surface area contributed by atoms with Crippen molar-refractivity contribution in [2.45, 2.75) is 12.5 Å². The lowest BCUT2D eigenvalue weighted by Gasteiger charge is -2.12. The van der Waals surface area contributed by atoms with Gasteiger partial charge in [0.2, 0.25) is 0 Å². The Hall–Kier alpha value is -3.33. The van der Waals surface area contributed by atoms with Crippen LogP contribution in [0.2, 0.25) is 0 Å². The molecular weight excluding hydrogens is 422 g/mol. The highest BCUT2D eigenvalue weighted by atomic mass is 32.2. The molecule has 1 fully saturated rings. The minimum absolute atomic E-state index is 0.0341. The lowest BCUT2D eigenvalue weighted by Crippen LogP contribution is -2.38. The molecule has 31 heavy (non-hydrogen) atoms. The topological polar surface area (TPSA) is 112 Å². The molecule has 1 saturated heterocycles. The van der Waals surface area contributed by atoms with Crippen molar-refractivity contribution in [1.82, 2.24) is 5.32 Å². The molecule has 2 aromatic carbocycles. The van der Waals surface area contributed by atoms with Gasteiger partial charge < -0.3 is 19.2 Å². The van der Waals surface area contributed by atoms with Gasteiger partial charge in [-0.25, -0.2) is 13.2 Å². The van der Waals surface area contributed by atoms with E-state index >= 15 is 0 Å². The summed E-state index contributed by atoms with van der Waals surface area (Å²) in [5, 5.41) is 3.40. The molecule has 0 aliphatic carbocycles. The monoisotopic (exact) mass is 443 g/mol. The van der Waals surface area contributed by atoms with Crippen LogP contribution in [0.4, 0.5) is 0 Å². The highest BCUT2D eigenvalue weighted by molar-refractivity contribution is 7.91. The Morgan fingerprint density at radius 2 is 1.87 bits per heavy atom. The summed E-state index contributed by atoms with van der Waals surface area (Å²) in [5.74, 6) is 0.785. The Morgan fingerprint density at radius 1 is 1.13 bits per heavy atom. The first-order chi connectivity index (χ1) is 14.8. The fraction of sp³-hybridized carbons (Fsp3) is 0.273. The SMILES string of the molecule is COc1ccc2oc(=O)c(-c3ccc(OCC(=O)NC4CCS(=O)(=O)C4)cc3)cc2c1. The van der Waals surface area contributed by atoms with E-state index < -0.39 is 15.5 Å². The van der Waals surface area contributed by atoms with E-state index in [1.165, 1.54) is 0 Å². The van der Waals surface area contributed by atoms with Crippen molar-refractivity contribution in [3.05, 3.63) is 59.0 Å². The Balaban J connectivity index is 1.43. The fourth-order valence-electron chi connectivity index (χ4n) is 3.49. The average Bonchev–Trinajstić information content (AvgIpc) is 3.10. The molecule has 1 N–H and O–H groups in total. The van der Waals surface area contributed by atoms with Gasteiger partial charge in [0.15, 0.2) is 16.4 Å². The quantitative estimate of drug-likeness (QED) is 0.581. The summed E-state index contributed by atoms with van der Waals surface area (Å²) in [4.78, 5) is 24.4. The average molecular weight is 443 g/mol. The number of carbonyl (C=O) groups excluding carboxylic acids is 1. The number of hydrogen-bond acceptors (Lipinski definition) is 7. The second-order valence-corrected chi connectivity index (χ2v) is 9.56. The summed E-state index contributed by atoms with van der Waals surface area (Å²) >= 11 is 0. The van der Waals surface area contributed by atoms with Gasteiger partial charge in [0.05, 0.1) is 24.2 Å². The van der Waals surface area contributed by atoms with Crippen molar-refractivity contribution in [2.24, 2.45) is 0 Å². The summed E-state index contributed by atoms with van der Waals surface area (Å²) in [6.07, 6.45) is 0.420. The molecule has 1 amide bonds. The van der Waals surface area contributed by atoms with Crippen molar-refractivity contribution < 1.29 is 27.1 Å². The second kappa shape index (κ2) is 8.43. The van der Waals surface area contributed by atoms with Gasteiger partial charge in [0.1, 0.15) is 17.1 Å². The van der Waals surface area contributed by atoms with E-state index in [0.717, 1.165) is 5.39 Å². The minimum Gasteiger partial charge on any atom is -0.497 e. The lowest BCUT2D eigenvalue weighted by molar-refractivity contribution is -0.123. The van der Waals surface area contributed by atoms with Crippen molar-refractivity contribution in [3.8, 4) is 22.6 Å². The van der Waals surface area contributed by atoms with Gasteiger partial charge in [0.25, 0.3) is 5.91 Å². The maximum absolute atomic E-state index is 12.4. The van der Waals surface area contributed by atoms with Crippen LogP contribution in [0.15, 0.2) is 57.7 Å². The summed E-state index contributed by atoms with van der Waals surface area (Å²) in [5.41, 5.74) is 1.05. The number of hydrogen-bond donors (Lipinski definition) is 1. The standard InChI is InChI=1S/C22H21NO7S/c1-28-18-6-7-20-15(10-18)11-19(22(25)30-20)14-2-4-17(5-3-14)29-12-21(24)23-16-8-9-31(26,27)13-16/h2-7,10-11,16H,8-9,12-13H2,1H3,(H,23,24). The third kappa shape index (κ3) is 4.88. The van der Waals surface area contributed by atoms with E-state index in [4.69, 9.17) is 13.9 Å². The van der Waals surface area contributed by atoms with Crippen LogP contribution in [0, 0.1) is 0 Å². The third-order valence-electron chi connectivity index (χ3n) is 5.07. The second-order valence-electron chi connectivity index (χ2n) is 7.33. The Labute approximate surface area is 178 Å². The molecular formula is C22H21NO7S. The van der Waals surface area contributed by atoms with Crippen LogP contribution in [0.3, 0.4) is 0 Å². The first-order valence-electron chi connectivity index (χ1n) is 9.68. The van der Waals surface area contributed by atoms with Crippen LogP contribution in [0.25, 0.3) is 22.1 Å². The number of nitrogens with one attached hydrogen (secondary N) is 1. The smallest absolute Gasteiger partial charge is 0.344 e. The van der Waals surface area contributed by atoms with Crippen LogP contribution in [0.5, 0.6) is 11.5 Å². The van der Waals surface area contributed by atoms with Crippen molar-refractivity contribution in [1.29, 1.82) is 0 Å². The van der Waals surface area contributed by atoms with E-state index in [1.807, 2.05) is 0 Å². The highest BCUT2D eigenvalue weighted by Crippen LogP contribution is 2.25. The van der Waals surface area contributed by atoms with Crippen molar-refractivity contribution in [3.63, 3.8) is 0 Å². The molecule has 162 valence electrons. The predicted molar refractivity (Wildman–Crippen MR) is 115 cm³/mol. The Morgan fingerprint density at radius 3 is 2.55 bits per heavy atom. The van der Waals surface area contributed by atoms with Crippen molar-refractivity contribution >= 4 is 26.7 Å². The molecule has 1 atom stereocenters. The molecule has 8 nitrogen and oxygen atoms in total. The van der Waals surface area contributed by atoms with Gasteiger partial charge >= 0.3 is 5.63 Å². The molecule has 1 unspecified atom stereocenters. The highest BCUT2D eigenvalue weighted by Gasteiger charge is 2.28. The first-order valence-corrected chi connectivity index (χ1v) is 11.5. The van der Waals surface area contributed by atoms with Gasteiger partial charge in [-0.1, -0.05) is 12.1 Å². The van der Waals surface area contributed by atoms with Crippen LogP contribution >= 0.6 is 0 Å². The van der Waals surface area contributed by atoms with Crippen LogP contribution < -0.4 is 20.4 Å². The number of amides is 1. The fourth-order valence-corrected chi connectivity index (χ4v) is 5.16. The first kappa shape index (κ1) is 20.9. The van der Waals surface area contributed by atoms with Gasteiger partial charge in [-0.15, -0.1) is 0 Å². The van der Waals surface area contributed by atoms with Crippen LogP contribution in [-0.2, 0) is 14.6 Å². The number of sulfone groups is 1. The lowest BCUT2D eigenvalue weighted by atomic mass is 10.1. The Kier molecular flexibility index (Phi) is 5.69. The third-order valence-corrected chi connectivity index (χ3v) is 6.84. The van der Waals surface area contributed by atoms with Gasteiger partial charge in [-0.2, -0.15) is 0 Å². The van der Waals surface area contributed by atoms with Gasteiger partial charge in [-0.05, 0) is 48.4 Å². The zero-order chi connectivity index (χ0) is 22.0. The molecule has 0 bridgehead atoms. The largest absolute Gasteiger partial charge is 0.497 e. The maximum atomic E-state index is 12.4. The summed E-state index contributed by atoms with van der Waals surface area (Å²) < 4.78 is 39.0. The predicted octanol–water partition coefficient (Wildman–Crippen LogP) is 2.15. The number of carbonyl (C=O) groups is 1. The summed E-state index contributed by atoms with van der Waals surface area (Å²) in [6.45, 7) is -0.228. The van der Waals surface area contributed by atoms with Gasteiger partial charge in [0, 0.05) is 11.4 Å². The molecule has 1 aromatic heterocycles. The van der Waals surface area contributed by atoms with E-state index in [0.29, 0.717) is 34.6 Å². The molecule has 0 spiro atoms. The van der Waals surface area contributed by atoms with Gasteiger partial charge in [-0.3, -0.25) is 4.79 Å². The number of methoxy groups -OCH3 is 1. The van der Waals surface area contributed by atoms with Crippen LogP contribution in [0.1, 0.15) is 6.42 Å². The molecule has 0 radical (unpaired) electrons. The van der Waals surface area contributed by atoms with E-state index in [9.17, 15) is 18.0 Å².